The van der Waals surface area contributed by atoms with E-state index in [-0.39, 0.29) is 24.0 Å². The van der Waals surface area contributed by atoms with Crippen LogP contribution in [0, 0.1) is 6.92 Å². The molecule has 1 saturated heterocycles. The standard InChI is InChI=1S/C18H26N2O5S/c1-5-20(6-2)17(22)14-11(4)13(18(23)24-7-3)16(26-14)19-15(21)12-9-8-10-25-12/h12H,5-10H2,1-4H3,(H,19,21). The summed E-state index contributed by atoms with van der Waals surface area (Å²) in [6.07, 6.45) is 0.961. The molecule has 2 amide bonds. The average Bonchev–Trinajstić information content (AvgIpc) is 3.24. The van der Waals surface area contributed by atoms with Gasteiger partial charge in [-0.1, -0.05) is 0 Å². The van der Waals surface area contributed by atoms with Crippen LogP contribution in [0.4, 0.5) is 5.00 Å². The average molecular weight is 382 g/mol. The first-order valence-corrected chi connectivity index (χ1v) is 9.78. The second-order valence-electron chi connectivity index (χ2n) is 5.95. The Morgan fingerprint density at radius 1 is 1.27 bits per heavy atom. The topological polar surface area (TPSA) is 84.9 Å². The summed E-state index contributed by atoms with van der Waals surface area (Å²) in [4.78, 5) is 39.7. The molecule has 0 bridgehead atoms. The third-order valence-corrected chi connectivity index (χ3v) is 5.53. The first-order valence-electron chi connectivity index (χ1n) is 8.96. The summed E-state index contributed by atoms with van der Waals surface area (Å²) in [5.41, 5.74) is 0.784. The molecule has 7 nitrogen and oxygen atoms in total. The molecule has 2 heterocycles. The molecule has 1 fully saturated rings. The summed E-state index contributed by atoms with van der Waals surface area (Å²) in [5.74, 6) is -0.987. The molecule has 1 aliphatic rings. The Kier molecular flexibility index (Phi) is 7.16. The maximum absolute atomic E-state index is 12.8. The van der Waals surface area contributed by atoms with Crippen LogP contribution in [0.25, 0.3) is 0 Å². The second kappa shape index (κ2) is 9.14. The van der Waals surface area contributed by atoms with E-state index in [4.69, 9.17) is 9.47 Å². The fraction of sp³-hybridized carbons (Fsp3) is 0.611. The van der Waals surface area contributed by atoms with Gasteiger partial charge in [-0.05, 0) is 46.1 Å². The van der Waals surface area contributed by atoms with Gasteiger partial charge in [-0.15, -0.1) is 11.3 Å². The van der Waals surface area contributed by atoms with Crippen LogP contribution in [-0.2, 0) is 14.3 Å². The zero-order chi connectivity index (χ0) is 19.3. The fourth-order valence-corrected chi connectivity index (χ4v) is 4.05. The number of ether oxygens (including phenoxy) is 2. The Morgan fingerprint density at radius 2 is 1.96 bits per heavy atom. The molecule has 144 valence electrons. The van der Waals surface area contributed by atoms with E-state index in [2.05, 4.69) is 5.32 Å². The van der Waals surface area contributed by atoms with E-state index in [1.54, 1.807) is 18.7 Å². The smallest absolute Gasteiger partial charge is 0.341 e. The first kappa shape index (κ1) is 20.4. The van der Waals surface area contributed by atoms with Crippen LogP contribution < -0.4 is 5.32 Å². The maximum Gasteiger partial charge on any atom is 0.341 e. The van der Waals surface area contributed by atoms with Gasteiger partial charge in [0.05, 0.1) is 17.0 Å². The highest BCUT2D eigenvalue weighted by Gasteiger charge is 2.30. The number of carbonyl (C=O) groups excluding carboxylic acids is 3. The highest BCUT2D eigenvalue weighted by molar-refractivity contribution is 7.18. The molecular formula is C18H26N2O5S. The lowest BCUT2D eigenvalue weighted by atomic mass is 10.1. The summed E-state index contributed by atoms with van der Waals surface area (Å²) < 4.78 is 10.5. The van der Waals surface area contributed by atoms with Gasteiger partial charge in [0, 0.05) is 19.7 Å². The van der Waals surface area contributed by atoms with Crippen LogP contribution in [0.15, 0.2) is 0 Å². The quantitative estimate of drug-likeness (QED) is 0.733. The van der Waals surface area contributed by atoms with Crippen LogP contribution in [-0.4, -0.2) is 55.1 Å². The van der Waals surface area contributed by atoms with Gasteiger partial charge in [0.15, 0.2) is 0 Å². The van der Waals surface area contributed by atoms with Gasteiger partial charge in [0.2, 0.25) is 0 Å². The van der Waals surface area contributed by atoms with Crippen molar-refractivity contribution in [3.8, 4) is 0 Å². The predicted molar refractivity (Wildman–Crippen MR) is 99.9 cm³/mol. The van der Waals surface area contributed by atoms with Gasteiger partial charge in [0.1, 0.15) is 11.1 Å². The van der Waals surface area contributed by atoms with Crippen molar-refractivity contribution in [1.29, 1.82) is 0 Å². The Balaban J connectivity index is 2.37. The van der Waals surface area contributed by atoms with Gasteiger partial charge >= 0.3 is 5.97 Å². The molecule has 2 rings (SSSR count). The van der Waals surface area contributed by atoms with Crippen molar-refractivity contribution in [3.63, 3.8) is 0 Å². The lowest BCUT2D eigenvalue weighted by molar-refractivity contribution is -0.124. The molecule has 8 heteroatoms. The summed E-state index contributed by atoms with van der Waals surface area (Å²) in [6.45, 7) is 9.13. The van der Waals surface area contributed by atoms with E-state index in [0.29, 0.717) is 41.6 Å². The number of nitrogens with one attached hydrogen (secondary N) is 1. The zero-order valence-corrected chi connectivity index (χ0v) is 16.5. The number of thiophene rings is 1. The lowest BCUT2D eigenvalue weighted by Crippen LogP contribution is -2.30. The number of amides is 2. The molecule has 1 aromatic heterocycles. The van der Waals surface area contributed by atoms with Gasteiger partial charge in [-0.2, -0.15) is 0 Å². The van der Waals surface area contributed by atoms with Gasteiger partial charge in [0.25, 0.3) is 11.8 Å². The third kappa shape index (κ3) is 4.24. The number of esters is 1. The van der Waals surface area contributed by atoms with Gasteiger partial charge in [-0.25, -0.2) is 4.79 Å². The summed E-state index contributed by atoms with van der Waals surface area (Å²) in [5, 5.41) is 3.11. The minimum atomic E-state index is -0.539. The Labute approximate surface area is 157 Å². The Morgan fingerprint density at radius 3 is 2.50 bits per heavy atom. The van der Waals surface area contributed by atoms with Crippen molar-refractivity contribution >= 4 is 34.1 Å². The molecule has 26 heavy (non-hydrogen) atoms. The number of rotatable bonds is 7. The molecule has 1 aliphatic heterocycles. The summed E-state index contributed by atoms with van der Waals surface area (Å²) >= 11 is 1.12. The predicted octanol–water partition coefficient (Wildman–Crippen LogP) is 2.83. The van der Waals surface area contributed by atoms with E-state index < -0.39 is 12.1 Å². The normalized spacial score (nSPS) is 16.4. The molecule has 0 spiro atoms. The number of hydrogen-bond donors (Lipinski definition) is 1. The minimum Gasteiger partial charge on any atom is -0.462 e. The molecule has 0 aromatic carbocycles. The highest BCUT2D eigenvalue weighted by atomic mass is 32.1. The van der Waals surface area contributed by atoms with E-state index >= 15 is 0 Å². The third-order valence-electron chi connectivity index (χ3n) is 4.33. The Hall–Kier alpha value is -1.93. The molecule has 1 aromatic rings. The monoisotopic (exact) mass is 382 g/mol. The van der Waals surface area contributed by atoms with Crippen LogP contribution in [0.5, 0.6) is 0 Å². The maximum atomic E-state index is 12.8. The van der Waals surface area contributed by atoms with Crippen LogP contribution >= 0.6 is 11.3 Å². The van der Waals surface area contributed by atoms with Crippen molar-refractivity contribution in [2.24, 2.45) is 0 Å². The van der Waals surface area contributed by atoms with Crippen LogP contribution in [0.1, 0.15) is 59.2 Å². The molecule has 1 unspecified atom stereocenters. The second-order valence-corrected chi connectivity index (χ2v) is 6.97. The number of nitrogens with zero attached hydrogens (tertiary/aromatic N) is 1. The largest absolute Gasteiger partial charge is 0.462 e. The van der Waals surface area contributed by atoms with E-state index in [9.17, 15) is 14.4 Å². The molecule has 1 N–H and O–H groups in total. The summed E-state index contributed by atoms with van der Waals surface area (Å²) in [6, 6.07) is 0. The van der Waals surface area contributed by atoms with E-state index in [1.807, 2.05) is 13.8 Å². The van der Waals surface area contributed by atoms with E-state index in [0.717, 1.165) is 17.8 Å². The molecule has 0 radical (unpaired) electrons. The Bertz CT molecular complexity index is 675. The van der Waals surface area contributed by atoms with Crippen molar-refractivity contribution in [3.05, 3.63) is 16.0 Å². The number of carbonyl (C=O) groups is 3. The van der Waals surface area contributed by atoms with Crippen molar-refractivity contribution in [1.82, 2.24) is 4.90 Å². The van der Waals surface area contributed by atoms with Gasteiger partial charge in [-0.3, -0.25) is 9.59 Å². The molecule has 0 saturated carbocycles. The van der Waals surface area contributed by atoms with Crippen molar-refractivity contribution in [2.45, 2.75) is 46.6 Å². The lowest BCUT2D eigenvalue weighted by Gasteiger charge is -2.18. The number of hydrogen-bond acceptors (Lipinski definition) is 6. The van der Waals surface area contributed by atoms with E-state index in [1.165, 1.54) is 0 Å². The van der Waals surface area contributed by atoms with Gasteiger partial charge < -0.3 is 19.7 Å². The van der Waals surface area contributed by atoms with Crippen LogP contribution in [0.2, 0.25) is 0 Å². The minimum absolute atomic E-state index is 0.152. The zero-order valence-electron chi connectivity index (χ0n) is 15.7. The van der Waals surface area contributed by atoms with Crippen molar-refractivity contribution < 1.29 is 23.9 Å². The first-order chi connectivity index (χ1) is 12.4. The SMILES string of the molecule is CCOC(=O)c1c(NC(=O)C2CCCO2)sc(C(=O)N(CC)CC)c1C. The molecular weight excluding hydrogens is 356 g/mol. The summed E-state index contributed by atoms with van der Waals surface area (Å²) in [7, 11) is 0. The molecule has 1 atom stereocenters. The number of anilines is 1. The van der Waals surface area contributed by atoms with Crippen LogP contribution in [0.3, 0.4) is 0 Å². The fourth-order valence-electron chi connectivity index (χ4n) is 2.89. The molecule has 0 aliphatic carbocycles. The van der Waals surface area contributed by atoms with Crippen molar-refractivity contribution in [2.75, 3.05) is 31.6 Å². The highest BCUT2D eigenvalue weighted by Crippen LogP contribution is 2.35.